The average molecular weight is 479 g/mol. The molecule has 3 aromatic rings. The summed E-state index contributed by atoms with van der Waals surface area (Å²) >= 11 is 5.18. The van der Waals surface area contributed by atoms with Gasteiger partial charge in [-0.3, -0.25) is 0 Å². The second kappa shape index (κ2) is 7.56. The molecule has 1 fully saturated rings. The number of nitrogens with zero attached hydrogens (tertiary/aromatic N) is 5. The summed E-state index contributed by atoms with van der Waals surface area (Å²) in [5, 5.41) is 7.45. The van der Waals surface area contributed by atoms with E-state index in [0.717, 1.165) is 39.2 Å². The topological polar surface area (TPSA) is 98.6 Å². The Balaban J connectivity index is 1.49. The maximum absolute atomic E-state index is 12.3. The summed E-state index contributed by atoms with van der Waals surface area (Å²) in [4.78, 5) is 23.0. The number of nitrogens with two attached hydrogens (primary N) is 1. The number of anilines is 1. The Labute approximate surface area is 181 Å². The predicted octanol–water partition coefficient (Wildman–Crippen LogP) is 4.31. The molecule has 0 aromatic carbocycles. The first-order valence-electron chi connectivity index (χ1n) is 9.44. The van der Waals surface area contributed by atoms with Crippen LogP contribution in [0.25, 0.3) is 16.9 Å². The summed E-state index contributed by atoms with van der Waals surface area (Å²) in [7, 11) is 0. The monoisotopic (exact) mass is 478 g/mol. The Morgan fingerprint density at radius 2 is 2.07 bits per heavy atom. The number of likely N-dealkylation sites (tertiary alicyclic amines) is 1. The fraction of sp³-hybridized carbons (Fsp3) is 0.474. The quantitative estimate of drug-likeness (QED) is 0.588. The third-order valence-corrected chi connectivity index (χ3v) is 6.43. The Bertz CT molecular complexity index is 1050. The number of aromatic nitrogens is 4. The molecule has 0 aliphatic carbocycles. The highest BCUT2D eigenvalue weighted by atomic mass is 79.9. The highest BCUT2D eigenvalue weighted by Gasteiger charge is 2.29. The number of halogens is 1. The van der Waals surface area contributed by atoms with Crippen molar-refractivity contribution < 1.29 is 9.53 Å². The van der Waals surface area contributed by atoms with E-state index < -0.39 is 5.60 Å². The van der Waals surface area contributed by atoms with Crippen LogP contribution < -0.4 is 5.73 Å². The maximum atomic E-state index is 12.3. The molecule has 4 heterocycles. The Morgan fingerprint density at radius 3 is 2.76 bits per heavy atom. The molecule has 3 aromatic heterocycles. The molecule has 1 amide bonds. The van der Waals surface area contributed by atoms with Crippen LogP contribution in [-0.2, 0) is 4.74 Å². The number of nitrogen functional groups attached to an aromatic ring is 1. The van der Waals surface area contributed by atoms with Gasteiger partial charge in [-0.05, 0) is 55.6 Å². The van der Waals surface area contributed by atoms with Crippen molar-refractivity contribution in [1.82, 2.24) is 24.5 Å². The normalized spacial score (nSPS) is 15.8. The lowest BCUT2D eigenvalue weighted by atomic mass is 9.98. The van der Waals surface area contributed by atoms with Crippen LogP contribution in [0.4, 0.5) is 10.6 Å². The summed E-state index contributed by atoms with van der Waals surface area (Å²) < 4.78 is 8.08. The zero-order valence-corrected chi connectivity index (χ0v) is 19.0. The first-order chi connectivity index (χ1) is 13.7. The Kier molecular flexibility index (Phi) is 5.24. The number of ether oxygens (including phenoxy) is 1. The third kappa shape index (κ3) is 4.09. The van der Waals surface area contributed by atoms with Gasteiger partial charge >= 0.3 is 6.09 Å². The number of hydrogen-bond donors (Lipinski definition) is 1. The molecule has 0 atom stereocenters. The van der Waals surface area contributed by atoms with Crippen molar-refractivity contribution in [3.05, 3.63) is 27.3 Å². The second-order valence-corrected chi connectivity index (χ2v) is 9.84. The molecule has 0 saturated carbocycles. The van der Waals surface area contributed by atoms with Crippen molar-refractivity contribution in [2.45, 2.75) is 45.1 Å². The molecule has 0 radical (unpaired) electrons. The SMILES string of the molecule is CC(C)(C)OC(=O)N1CCC(c2nc(-c3cc(Br)c4c(N)ncnn34)cs2)CC1. The molecule has 10 heteroatoms. The average Bonchev–Trinajstić information content (AvgIpc) is 3.26. The van der Waals surface area contributed by atoms with Crippen LogP contribution >= 0.6 is 27.3 Å². The van der Waals surface area contributed by atoms with E-state index in [0.29, 0.717) is 24.8 Å². The van der Waals surface area contributed by atoms with Gasteiger partial charge in [0, 0.05) is 28.9 Å². The lowest BCUT2D eigenvalue weighted by molar-refractivity contribution is 0.0205. The van der Waals surface area contributed by atoms with Crippen molar-refractivity contribution in [2.75, 3.05) is 18.8 Å². The first-order valence-corrected chi connectivity index (χ1v) is 11.1. The van der Waals surface area contributed by atoms with Crippen molar-refractivity contribution in [3.63, 3.8) is 0 Å². The van der Waals surface area contributed by atoms with Gasteiger partial charge in [-0.15, -0.1) is 11.3 Å². The zero-order valence-electron chi connectivity index (χ0n) is 16.6. The summed E-state index contributed by atoms with van der Waals surface area (Å²) in [5.74, 6) is 0.755. The molecular weight excluding hydrogens is 456 g/mol. The molecular formula is C19H23BrN6O2S. The number of carbonyl (C=O) groups excluding carboxylic acids is 1. The summed E-state index contributed by atoms with van der Waals surface area (Å²) in [6.07, 6.45) is 2.95. The molecule has 154 valence electrons. The van der Waals surface area contributed by atoms with Crippen LogP contribution in [0.2, 0.25) is 0 Å². The van der Waals surface area contributed by atoms with E-state index in [4.69, 9.17) is 15.5 Å². The lowest BCUT2D eigenvalue weighted by Crippen LogP contribution is -2.41. The van der Waals surface area contributed by atoms with Gasteiger partial charge in [-0.25, -0.2) is 19.3 Å². The highest BCUT2D eigenvalue weighted by molar-refractivity contribution is 9.10. The van der Waals surface area contributed by atoms with Crippen molar-refractivity contribution in [3.8, 4) is 11.4 Å². The van der Waals surface area contributed by atoms with Crippen LogP contribution in [0, 0.1) is 0 Å². The van der Waals surface area contributed by atoms with Crippen LogP contribution in [0.5, 0.6) is 0 Å². The minimum atomic E-state index is -0.473. The largest absolute Gasteiger partial charge is 0.444 e. The van der Waals surface area contributed by atoms with Crippen LogP contribution in [-0.4, -0.2) is 49.3 Å². The van der Waals surface area contributed by atoms with Crippen molar-refractivity contribution >= 4 is 44.7 Å². The van der Waals surface area contributed by atoms with Gasteiger partial charge in [0.15, 0.2) is 5.82 Å². The summed E-state index contributed by atoms with van der Waals surface area (Å²) in [6, 6.07) is 1.96. The summed E-state index contributed by atoms with van der Waals surface area (Å²) in [6.45, 7) is 7.01. The smallest absolute Gasteiger partial charge is 0.410 e. The lowest BCUT2D eigenvalue weighted by Gasteiger charge is -2.32. The van der Waals surface area contributed by atoms with E-state index in [2.05, 4.69) is 26.0 Å². The molecule has 8 nitrogen and oxygen atoms in total. The molecule has 0 spiro atoms. The van der Waals surface area contributed by atoms with Crippen molar-refractivity contribution in [1.29, 1.82) is 0 Å². The number of hydrogen-bond acceptors (Lipinski definition) is 7. The van der Waals surface area contributed by atoms with E-state index in [1.807, 2.05) is 32.2 Å². The summed E-state index contributed by atoms with van der Waals surface area (Å²) in [5.41, 5.74) is 7.98. The van der Waals surface area contributed by atoms with Crippen LogP contribution in [0.15, 0.2) is 22.2 Å². The van der Waals surface area contributed by atoms with Crippen LogP contribution in [0.1, 0.15) is 44.5 Å². The number of carbonyl (C=O) groups is 1. The predicted molar refractivity (Wildman–Crippen MR) is 116 cm³/mol. The van der Waals surface area contributed by atoms with E-state index >= 15 is 0 Å². The van der Waals surface area contributed by atoms with E-state index in [1.165, 1.54) is 6.33 Å². The number of amides is 1. The van der Waals surface area contributed by atoms with Gasteiger partial charge in [0.25, 0.3) is 0 Å². The standard InChI is InChI=1S/C19H23BrN6O2S/c1-19(2,3)28-18(27)25-6-4-11(5-7-25)17-24-13(9-29-17)14-8-12(20)15-16(21)22-10-23-26(14)15/h8-11H,4-7H2,1-3H3,(H2,21,22,23). The second-order valence-electron chi connectivity index (χ2n) is 8.10. The fourth-order valence-electron chi connectivity index (χ4n) is 3.43. The van der Waals surface area contributed by atoms with Gasteiger partial charge in [0.1, 0.15) is 17.4 Å². The molecule has 1 aliphatic heterocycles. The Morgan fingerprint density at radius 1 is 1.34 bits per heavy atom. The number of rotatable bonds is 2. The molecule has 29 heavy (non-hydrogen) atoms. The third-order valence-electron chi connectivity index (χ3n) is 4.82. The maximum Gasteiger partial charge on any atom is 0.410 e. The van der Waals surface area contributed by atoms with Gasteiger partial charge in [0.2, 0.25) is 0 Å². The number of fused-ring (bicyclic) bond motifs is 1. The van der Waals surface area contributed by atoms with Gasteiger partial charge < -0.3 is 15.4 Å². The number of thiazole rings is 1. The van der Waals surface area contributed by atoms with Gasteiger partial charge in [0.05, 0.1) is 16.4 Å². The fourth-order valence-corrected chi connectivity index (χ4v) is 5.01. The minimum Gasteiger partial charge on any atom is -0.444 e. The van der Waals surface area contributed by atoms with E-state index in [9.17, 15) is 4.79 Å². The highest BCUT2D eigenvalue weighted by Crippen LogP contribution is 2.35. The van der Waals surface area contributed by atoms with E-state index in [1.54, 1.807) is 20.8 Å². The molecule has 0 unspecified atom stereocenters. The molecule has 2 N–H and O–H groups in total. The minimum absolute atomic E-state index is 0.238. The van der Waals surface area contributed by atoms with Gasteiger partial charge in [-0.2, -0.15) is 5.10 Å². The van der Waals surface area contributed by atoms with Gasteiger partial charge in [-0.1, -0.05) is 0 Å². The van der Waals surface area contributed by atoms with Crippen LogP contribution in [0.3, 0.4) is 0 Å². The molecule has 0 bridgehead atoms. The zero-order chi connectivity index (χ0) is 20.8. The van der Waals surface area contributed by atoms with Crippen molar-refractivity contribution in [2.24, 2.45) is 0 Å². The Hall–Kier alpha value is -2.20. The molecule has 1 saturated heterocycles. The first kappa shape index (κ1) is 20.1. The molecule has 4 rings (SSSR count). The van der Waals surface area contributed by atoms with E-state index in [-0.39, 0.29) is 6.09 Å². The molecule has 1 aliphatic rings. The number of piperidine rings is 1.